The van der Waals surface area contributed by atoms with Gasteiger partial charge in [-0.05, 0) is 6.42 Å². The van der Waals surface area contributed by atoms with E-state index >= 15 is 0 Å². The number of hydrogen-bond donors (Lipinski definition) is 6. The van der Waals surface area contributed by atoms with Gasteiger partial charge in [-0.2, -0.15) is 0 Å². The summed E-state index contributed by atoms with van der Waals surface area (Å²) in [6.07, 6.45) is -6.92. The summed E-state index contributed by atoms with van der Waals surface area (Å²) in [5.41, 5.74) is -0.892. The molecular weight excluding hydrogens is 372 g/mol. The van der Waals surface area contributed by atoms with Crippen molar-refractivity contribution in [2.45, 2.75) is 56.7 Å². The highest BCUT2D eigenvalue weighted by molar-refractivity contribution is 5.88. The Morgan fingerprint density at radius 1 is 1.07 bits per heavy atom. The van der Waals surface area contributed by atoms with Crippen LogP contribution in [0.15, 0.2) is 21.3 Å². The summed E-state index contributed by atoms with van der Waals surface area (Å²) in [6, 6.07) is 2.17. The van der Waals surface area contributed by atoms with Crippen LogP contribution in [0.1, 0.15) is 43.6 Å². The van der Waals surface area contributed by atoms with Crippen LogP contribution >= 0.6 is 0 Å². The van der Waals surface area contributed by atoms with Crippen LogP contribution < -0.4 is 5.43 Å². The standard InChI is InChI=1S/C19H24O9/c1-3-7(2)11-5-10(23)13-8(21)4-9(22)14(18(13)27-11)19-17(26)16(25)15(24)12(6-20)28-19/h4-5,7,12,15-17,19-22,24-26H,3,6H2,1-2H3/t7-,12-,15-,16+,17-,19+/m1/s1. The molecule has 0 spiro atoms. The second-order valence-electron chi connectivity index (χ2n) is 7.10. The summed E-state index contributed by atoms with van der Waals surface area (Å²) >= 11 is 0. The van der Waals surface area contributed by atoms with Gasteiger partial charge in [0.15, 0.2) is 11.0 Å². The maximum absolute atomic E-state index is 12.6. The predicted octanol–water partition coefficient (Wildman–Crippen LogP) is 0.233. The van der Waals surface area contributed by atoms with Crippen molar-refractivity contribution >= 4 is 11.0 Å². The third kappa shape index (κ3) is 3.25. The lowest BCUT2D eigenvalue weighted by atomic mass is 9.89. The summed E-state index contributed by atoms with van der Waals surface area (Å²) in [5, 5.41) is 60.2. The van der Waals surface area contributed by atoms with E-state index in [1.54, 1.807) is 0 Å². The molecule has 1 aromatic carbocycles. The van der Waals surface area contributed by atoms with Crippen molar-refractivity contribution < 1.29 is 39.8 Å². The molecule has 9 nitrogen and oxygen atoms in total. The van der Waals surface area contributed by atoms with Gasteiger partial charge >= 0.3 is 0 Å². The van der Waals surface area contributed by atoms with Crippen LogP contribution in [0.3, 0.4) is 0 Å². The molecule has 6 N–H and O–H groups in total. The molecule has 2 heterocycles. The number of hydrogen-bond acceptors (Lipinski definition) is 9. The van der Waals surface area contributed by atoms with Crippen molar-refractivity contribution in [3.8, 4) is 11.5 Å². The van der Waals surface area contributed by atoms with Crippen LogP contribution in [0.4, 0.5) is 0 Å². The van der Waals surface area contributed by atoms with Crippen molar-refractivity contribution in [3.05, 3.63) is 33.7 Å². The molecule has 28 heavy (non-hydrogen) atoms. The largest absolute Gasteiger partial charge is 0.507 e. The molecule has 0 aliphatic carbocycles. The molecule has 1 aliphatic heterocycles. The van der Waals surface area contributed by atoms with E-state index < -0.39 is 54.1 Å². The van der Waals surface area contributed by atoms with Crippen LogP contribution in [-0.2, 0) is 4.74 Å². The smallest absolute Gasteiger partial charge is 0.196 e. The molecule has 9 heteroatoms. The van der Waals surface area contributed by atoms with Crippen LogP contribution in [-0.4, -0.2) is 61.7 Å². The van der Waals surface area contributed by atoms with E-state index in [9.17, 15) is 35.4 Å². The molecule has 0 amide bonds. The number of aliphatic hydroxyl groups is 4. The van der Waals surface area contributed by atoms with Gasteiger partial charge in [0.1, 0.15) is 53.2 Å². The van der Waals surface area contributed by atoms with Gasteiger partial charge in [-0.1, -0.05) is 13.8 Å². The second kappa shape index (κ2) is 7.69. The lowest BCUT2D eigenvalue weighted by molar-refractivity contribution is -0.231. The molecule has 0 radical (unpaired) electrons. The number of ether oxygens (including phenoxy) is 1. The maximum Gasteiger partial charge on any atom is 0.196 e. The Hall–Kier alpha value is -2.17. The van der Waals surface area contributed by atoms with E-state index in [4.69, 9.17) is 9.15 Å². The van der Waals surface area contributed by atoms with Crippen molar-refractivity contribution in [2.24, 2.45) is 0 Å². The van der Waals surface area contributed by atoms with E-state index in [0.717, 1.165) is 6.07 Å². The molecule has 6 atom stereocenters. The third-order valence-electron chi connectivity index (χ3n) is 5.29. The average molecular weight is 396 g/mol. The fourth-order valence-electron chi connectivity index (χ4n) is 3.40. The molecule has 0 unspecified atom stereocenters. The van der Waals surface area contributed by atoms with E-state index in [2.05, 4.69) is 0 Å². The van der Waals surface area contributed by atoms with Gasteiger partial charge in [-0.3, -0.25) is 4.79 Å². The van der Waals surface area contributed by atoms with E-state index in [-0.39, 0.29) is 22.5 Å². The third-order valence-corrected chi connectivity index (χ3v) is 5.29. The van der Waals surface area contributed by atoms with Crippen molar-refractivity contribution in [1.29, 1.82) is 0 Å². The van der Waals surface area contributed by atoms with Gasteiger partial charge in [0.25, 0.3) is 0 Å². The minimum Gasteiger partial charge on any atom is -0.507 e. The summed E-state index contributed by atoms with van der Waals surface area (Å²) in [5.74, 6) is -0.857. The van der Waals surface area contributed by atoms with Gasteiger partial charge in [0.05, 0.1) is 12.2 Å². The highest BCUT2D eigenvalue weighted by atomic mass is 16.5. The number of fused-ring (bicyclic) bond motifs is 1. The normalized spacial score (nSPS) is 29.1. The van der Waals surface area contributed by atoms with Gasteiger partial charge in [-0.15, -0.1) is 0 Å². The first-order valence-corrected chi connectivity index (χ1v) is 9.04. The number of phenolic OH excluding ortho intramolecular Hbond substituents is 2. The van der Waals surface area contributed by atoms with E-state index in [1.807, 2.05) is 13.8 Å². The summed E-state index contributed by atoms with van der Waals surface area (Å²) in [7, 11) is 0. The quantitative estimate of drug-likeness (QED) is 0.425. The summed E-state index contributed by atoms with van der Waals surface area (Å²) in [4.78, 5) is 12.6. The fourth-order valence-corrected chi connectivity index (χ4v) is 3.40. The first-order chi connectivity index (χ1) is 13.2. The Morgan fingerprint density at radius 2 is 1.75 bits per heavy atom. The van der Waals surface area contributed by atoms with Crippen LogP contribution in [0, 0.1) is 0 Å². The number of phenols is 2. The molecule has 0 bridgehead atoms. The van der Waals surface area contributed by atoms with Gasteiger partial charge in [-0.25, -0.2) is 0 Å². The Kier molecular flexibility index (Phi) is 5.64. The van der Waals surface area contributed by atoms with E-state index in [1.165, 1.54) is 6.07 Å². The number of aliphatic hydroxyl groups excluding tert-OH is 4. The van der Waals surface area contributed by atoms with Gasteiger partial charge in [0.2, 0.25) is 0 Å². The minimum atomic E-state index is -1.69. The van der Waals surface area contributed by atoms with Gasteiger partial charge in [0, 0.05) is 18.1 Å². The molecule has 2 aromatic rings. The molecule has 1 aromatic heterocycles. The fraction of sp³-hybridized carbons (Fsp3) is 0.526. The zero-order chi connectivity index (χ0) is 20.7. The first kappa shape index (κ1) is 20.6. The van der Waals surface area contributed by atoms with E-state index in [0.29, 0.717) is 12.2 Å². The number of aromatic hydroxyl groups is 2. The Labute approximate surface area is 160 Å². The zero-order valence-corrected chi connectivity index (χ0v) is 15.4. The maximum atomic E-state index is 12.6. The average Bonchev–Trinajstić information content (AvgIpc) is 2.66. The summed E-state index contributed by atoms with van der Waals surface area (Å²) < 4.78 is 11.3. The Bertz CT molecular complexity index is 920. The molecule has 1 saturated heterocycles. The van der Waals surface area contributed by atoms with Crippen LogP contribution in [0.5, 0.6) is 11.5 Å². The molecular formula is C19H24O9. The topological polar surface area (TPSA) is 161 Å². The molecule has 3 rings (SSSR count). The zero-order valence-electron chi connectivity index (χ0n) is 15.4. The molecule has 154 valence electrons. The highest BCUT2D eigenvalue weighted by Crippen LogP contribution is 2.43. The summed E-state index contributed by atoms with van der Waals surface area (Å²) in [6.45, 7) is 3.08. The number of benzene rings is 1. The second-order valence-corrected chi connectivity index (χ2v) is 7.10. The number of rotatable bonds is 4. The highest BCUT2D eigenvalue weighted by Gasteiger charge is 2.46. The van der Waals surface area contributed by atoms with Crippen molar-refractivity contribution in [3.63, 3.8) is 0 Å². The van der Waals surface area contributed by atoms with Crippen LogP contribution in [0.2, 0.25) is 0 Å². The molecule has 0 saturated carbocycles. The lowest BCUT2D eigenvalue weighted by Crippen LogP contribution is -2.55. The van der Waals surface area contributed by atoms with Crippen molar-refractivity contribution in [2.75, 3.05) is 6.61 Å². The predicted molar refractivity (Wildman–Crippen MR) is 97.2 cm³/mol. The van der Waals surface area contributed by atoms with Crippen LogP contribution in [0.25, 0.3) is 11.0 Å². The SMILES string of the molecule is CC[C@@H](C)c1cc(=O)c2c(O)cc(O)c([C@@H]3O[C@H](CO)[C@@H](O)[C@H](O)[C@H]3O)c2o1. The Balaban J connectivity index is 2.27. The Morgan fingerprint density at radius 3 is 2.36 bits per heavy atom. The van der Waals surface area contributed by atoms with Crippen molar-refractivity contribution in [1.82, 2.24) is 0 Å². The molecule has 1 fully saturated rings. The molecule has 1 aliphatic rings. The van der Waals surface area contributed by atoms with Gasteiger partial charge < -0.3 is 39.8 Å². The first-order valence-electron chi connectivity index (χ1n) is 9.04. The minimum absolute atomic E-state index is 0.135. The monoisotopic (exact) mass is 396 g/mol. The lowest BCUT2D eigenvalue weighted by Gasteiger charge is -2.40.